The molecule has 2 aliphatic heterocycles. The van der Waals surface area contributed by atoms with Gasteiger partial charge in [0.1, 0.15) is 5.75 Å². The van der Waals surface area contributed by atoms with E-state index in [2.05, 4.69) is 25.5 Å². The minimum atomic E-state index is -0.445. The standard InChI is InChI=1S/C24H26N6O4/c1-33-18-4-2-3-16(11-18)17-12-22(31)30(15-17)24-27-14-21(34-24)23(32)28-19-13-26-6-5-20(19)29-9-7-25-8-10-29/h2-6,11,13-14,17,25H,7-10,12,15H2,1H3,(H,28,32). The van der Waals surface area contributed by atoms with Crippen LogP contribution in [0.4, 0.5) is 17.4 Å². The van der Waals surface area contributed by atoms with Gasteiger partial charge in [-0.25, -0.2) is 4.98 Å². The van der Waals surface area contributed by atoms with E-state index in [9.17, 15) is 9.59 Å². The van der Waals surface area contributed by atoms with Crippen LogP contribution >= 0.6 is 0 Å². The van der Waals surface area contributed by atoms with Gasteiger partial charge in [0.2, 0.25) is 11.7 Å². The number of ether oxygens (including phenoxy) is 1. The van der Waals surface area contributed by atoms with Crippen LogP contribution in [0.5, 0.6) is 5.75 Å². The third-order valence-electron chi connectivity index (χ3n) is 6.14. The predicted octanol–water partition coefficient (Wildman–Crippen LogP) is 2.26. The molecule has 1 unspecified atom stereocenters. The van der Waals surface area contributed by atoms with Gasteiger partial charge < -0.3 is 24.7 Å². The van der Waals surface area contributed by atoms with E-state index in [4.69, 9.17) is 9.15 Å². The molecule has 2 N–H and O–H groups in total. The smallest absolute Gasteiger partial charge is 0.304 e. The molecule has 0 bridgehead atoms. The first-order valence-electron chi connectivity index (χ1n) is 11.2. The Morgan fingerprint density at radius 3 is 2.91 bits per heavy atom. The van der Waals surface area contributed by atoms with Crippen LogP contribution in [0.2, 0.25) is 0 Å². The third-order valence-corrected chi connectivity index (χ3v) is 6.14. The molecule has 0 radical (unpaired) electrons. The van der Waals surface area contributed by atoms with Crippen molar-refractivity contribution in [2.75, 3.05) is 55.0 Å². The lowest BCUT2D eigenvalue weighted by Crippen LogP contribution is -2.43. The van der Waals surface area contributed by atoms with Crippen molar-refractivity contribution in [1.82, 2.24) is 15.3 Å². The summed E-state index contributed by atoms with van der Waals surface area (Å²) in [7, 11) is 1.61. The number of rotatable bonds is 6. The highest BCUT2D eigenvalue weighted by atomic mass is 16.5. The number of benzene rings is 1. The first-order valence-corrected chi connectivity index (χ1v) is 11.2. The average Bonchev–Trinajstić information content (AvgIpc) is 3.52. The number of anilines is 3. The summed E-state index contributed by atoms with van der Waals surface area (Å²) in [4.78, 5) is 37.6. The summed E-state index contributed by atoms with van der Waals surface area (Å²) >= 11 is 0. The first-order chi connectivity index (χ1) is 16.6. The number of hydrogen-bond acceptors (Lipinski definition) is 8. The van der Waals surface area contributed by atoms with E-state index in [1.54, 1.807) is 19.5 Å². The van der Waals surface area contributed by atoms with Gasteiger partial charge >= 0.3 is 6.01 Å². The zero-order chi connectivity index (χ0) is 23.5. The van der Waals surface area contributed by atoms with Crippen LogP contribution in [-0.2, 0) is 4.79 Å². The molecule has 5 rings (SSSR count). The molecule has 34 heavy (non-hydrogen) atoms. The highest BCUT2D eigenvalue weighted by Crippen LogP contribution is 2.33. The van der Waals surface area contributed by atoms with Gasteiger partial charge in [0.05, 0.1) is 30.9 Å². The number of oxazole rings is 1. The minimum Gasteiger partial charge on any atom is -0.497 e. The van der Waals surface area contributed by atoms with Gasteiger partial charge in [-0.3, -0.25) is 19.5 Å². The van der Waals surface area contributed by atoms with E-state index in [-0.39, 0.29) is 23.6 Å². The highest BCUT2D eigenvalue weighted by Gasteiger charge is 2.35. The van der Waals surface area contributed by atoms with Crippen molar-refractivity contribution in [3.05, 3.63) is 60.2 Å². The molecule has 1 atom stereocenters. The van der Waals surface area contributed by atoms with Gasteiger partial charge in [0.15, 0.2) is 0 Å². The molecule has 2 amide bonds. The second kappa shape index (κ2) is 9.52. The average molecular weight is 463 g/mol. The summed E-state index contributed by atoms with van der Waals surface area (Å²) in [6.07, 6.45) is 5.01. The summed E-state index contributed by atoms with van der Waals surface area (Å²) < 4.78 is 11.0. The van der Waals surface area contributed by atoms with E-state index >= 15 is 0 Å². The Morgan fingerprint density at radius 2 is 2.09 bits per heavy atom. The molecule has 3 aromatic rings. The first kappa shape index (κ1) is 21.9. The summed E-state index contributed by atoms with van der Waals surface area (Å²) in [6, 6.07) is 9.68. The number of piperazine rings is 1. The highest BCUT2D eigenvalue weighted by molar-refractivity contribution is 6.04. The van der Waals surface area contributed by atoms with Crippen molar-refractivity contribution in [2.24, 2.45) is 0 Å². The molecular weight excluding hydrogens is 436 g/mol. The lowest BCUT2D eigenvalue weighted by atomic mass is 9.98. The normalized spacial score (nSPS) is 18.3. The molecule has 2 saturated heterocycles. The minimum absolute atomic E-state index is 0.0104. The number of nitrogens with one attached hydrogen (secondary N) is 2. The topological polar surface area (TPSA) is 113 Å². The van der Waals surface area contributed by atoms with Crippen molar-refractivity contribution in [3.8, 4) is 5.75 Å². The zero-order valence-corrected chi connectivity index (χ0v) is 18.9. The number of carbonyl (C=O) groups is 2. The second-order valence-electron chi connectivity index (χ2n) is 8.27. The SMILES string of the molecule is COc1cccc(C2CC(=O)N(c3ncc(C(=O)Nc4cnccc4N4CCNCC4)o3)C2)c1. The maximum atomic E-state index is 12.9. The Morgan fingerprint density at radius 1 is 1.24 bits per heavy atom. The van der Waals surface area contributed by atoms with E-state index < -0.39 is 5.91 Å². The van der Waals surface area contributed by atoms with Crippen LogP contribution in [-0.4, -0.2) is 61.6 Å². The Bertz CT molecular complexity index is 1190. The number of amides is 2. The molecule has 176 valence electrons. The van der Waals surface area contributed by atoms with Crippen LogP contribution in [0.25, 0.3) is 0 Å². The van der Waals surface area contributed by atoms with Gasteiger partial charge in [0, 0.05) is 51.3 Å². The summed E-state index contributed by atoms with van der Waals surface area (Å²) in [6.45, 7) is 3.85. The van der Waals surface area contributed by atoms with Crippen LogP contribution in [0.3, 0.4) is 0 Å². The van der Waals surface area contributed by atoms with E-state index in [1.165, 1.54) is 11.1 Å². The molecular formula is C24H26N6O4. The fourth-order valence-corrected chi connectivity index (χ4v) is 4.35. The van der Waals surface area contributed by atoms with Crippen molar-refractivity contribution in [1.29, 1.82) is 0 Å². The summed E-state index contributed by atoms with van der Waals surface area (Å²) in [5.41, 5.74) is 2.51. The lowest BCUT2D eigenvalue weighted by Gasteiger charge is -2.30. The van der Waals surface area contributed by atoms with Crippen molar-refractivity contribution in [2.45, 2.75) is 12.3 Å². The molecule has 4 heterocycles. The van der Waals surface area contributed by atoms with Crippen molar-refractivity contribution >= 4 is 29.2 Å². The molecule has 2 aliphatic rings. The van der Waals surface area contributed by atoms with Gasteiger partial charge in [-0.2, -0.15) is 0 Å². The molecule has 10 heteroatoms. The fraction of sp³-hybridized carbons (Fsp3) is 0.333. The summed E-state index contributed by atoms with van der Waals surface area (Å²) in [5.74, 6) is 0.217. The van der Waals surface area contributed by atoms with Gasteiger partial charge in [-0.1, -0.05) is 12.1 Å². The number of aromatic nitrogens is 2. The van der Waals surface area contributed by atoms with Crippen LogP contribution < -0.4 is 25.2 Å². The molecule has 0 aliphatic carbocycles. The molecule has 2 fully saturated rings. The van der Waals surface area contributed by atoms with E-state index in [0.717, 1.165) is 43.2 Å². The number of methoxy groups -OCH3 is 1. The quantitative estimate of drug-likeness (QED) is 0.574. The fourth-order valence-electron chi connectivity index (χ4n) is 4.35. The van der Waals surface area contributed by atoms with Crippen molar-refractivity contribution in [3.63, 3.8) is 0 Å². The van der Waals surface area contributed by atoms with Gasteiger partial charge in [-0.15, -0.1) is 0 Å². The molecule has 10 nitrogen and oxygen atoms in total. The van der Waals surface area contributed by atoms with Crippen molar-refractivity contribution < 1.29 is 18.7 Å². The van der Waals surface area contributed by atoms with Crippen LogP contribution in [0.15, 0.2) is 53.3 Å². The van der Waals surface area contributed by atoms with E-state index in [1.807, 2.05) is 30.3 Å². The lowest BCUT2D eigenvalue weighted by molar-refractivity contribution is -0.117. The second-order valence-corrected chi connectivity index (χ2v) is 8.27. The molecule has 1 aromatic carbocycles. The summed E-state index contributed by atoms with van der Waals surface area (Å²) in [5, 5.41) is 6.19. The van der Waals surface area contributed by atoms with E-state index in [0.29, 0.717) is 18.7 Å². The van der Waals surface area contributed by atoms with Crippen LogP contribution in [0, 0.1) is 0 Å². The Hall–Kier alpha value is -3.92. The monoisotopic (exact) mass is 462 g/mol. The predicted molar refractivity (Wildman–Crippen MR) is 126 cm³/mol. The number of hydrogen-bond donors (Lipinski definition) is 2. The Kier molecular flexibility index (Phi) is 6.13. The maximum absolute atomic E-state index is 12.9. The number of pyridine rings is 1. The van der Waals surface area contributed by atoms with Gasteiger partial charge in [0.25, 0.3) is 5.91 Å². The molecule has 0 spiro atoms. The van der Waals surface area contributed by atoms with Gasteiger partial charge in [-0.05, 0) is 23.8 Å². The third kappa shape index (κ3) is 4.44. The molecule has 2 aromatic heterocycles. The largest absolute Gasteiger partial charge is 0.497 e. The maximum Gasteiger partial charge on any atom is 0.304 e. The number of nitrogens with zero attached hydrogens (tertiary/aromatic N) is 4. The van der Waals surface area contributed by atoms with Crippen LogP contribution in [0.1, 0.15) is 28.5 Å². The zero-order valence-electron chi connectivity index (χ0n) is 18.9. The Balaban J connectivity index is 1.29. The Labute approximate surface area is 196 Å². The molecule has 0 saturated carbocycles. The number of carbonyl (C=O) groups excluding carboxylic acids is 2.